The number of rotatable bonds is 4. The number of aromatic nitrogens is 2. The van der Waals surface area contributed by atoms with E-state index in [1.807, 2.05) is 19.4 Å². The molecule has 4 heteroatoms. The van der Waals surface area contributed by atoms with Gasteiger partial charge in [-0.3, -0.25) is 4.90 Å². The molecule has 0 fully saturated rings. The summed E-state index contributed by atoms with van der Waals surface area (Å²) in [5.41, 5.74) is 3.77. The van der Waals surface area contributed by atoms with Crippen LogP contribution in [0.25, 0.3) is 0 Å². The molecule has 3 rings (SSSR count). The second-order valence-corrected chi connectivity index (χ2v) is 5.50. The normalized spacial score (nSPS) is 19.0. The lowest BCUT2D eigenvalue weighted by Gasteiger charge is -2.34. The minimum atomic E-state index is 0.208. The molecule has 0 amide bonds. The average Bonchev–Trinajstić information content (AvgIpc) is 2.86. The Hall–Kier alpha value is -1.65. The van der Waals surface area contributed by atoms with Gasteiger partial charge in [-0.15, -0.1) is 0 Å². The number of aliphatic hydroxyl groups is 1. The summed E-state index contributed by atoms with van der Waals surface area (Å²) in [6.45, 7) is 2.01. The predicted molar refractivity (Wildman–Crippen MR) is 78.3 cm³/mol. The second-order valence-electron chi connectivity index (χ2n) is 5.50. The molecule has 0 spiro atoms. The van der Waals surface area contributed by atoms with Crippen molar-refractivity contribution in [1.29, 1.82) is 0 Å². The summed E-state index contributed by atoms with van der Waals surface area (Å²) in [7, 11) is 2.03. The van der Waals surface area contributed by atoms with Gasteiger partial charge in [0.2, 0.25) is 0 Å². The predicted octanol–water partition coefficient (Wildman–Crippen LogP) is 1.38. The molecule has 4 nitrogen and oxygen atoms in total. The van der Waals surface area contributed by atoms with E-state index in [4.69, 9.17) is 0 Å². The molecule has 0 bridgehead atoms. The molecule has 0 aliphatic carbocycles. The van der Waals surface area contributed by atoms with Crippen LogP contribution >= 0.6 is 0 Å². The smallest absolute Gasteiger partial charge is 0.0949 e. The zero-order valence-corrected chi connectivity index (χ0v) is 11.9. The van der Waals surface area contributed by atoms with Gasteiger partial charge in [0.15, 0.2) is 0 Å². The maximum atomic E-state index is 9.64. The fourth-order valence-corrected chi connectivity index (χ4v) is 2.93. The van der Waals surface area contributed by atoms with Crippen LogP contribution in [0.3, 0.4) is 0 Å². The van der Waals surface area contributed by atoms with E-state index in [1.54, 1.807) is 0 Å². The van der Waals surface area contributed by atoms with E-state index in [2.05, 4.69) is 38.7 Å². The Balaban J connectivity index is 1.70. The fraction of sp³-hybridized carbons (Fsp3) is 0.438. The van der Waals surface area contributed by atoms with Gasteiger partial charge in [-0.1, -0.05) is 30.3 Å². The fourth-order valence-electron chi connectivity index (χ4n) is 2.93. The molecule has 0 radical (unpaired) electrons. The van der Waals surface area contributed by atoms with Crippen molar-refractivity contribution in [3.8, 4) is 0 Å². The standard InChI is InChI=1S/C16H21N3O/c1-18-12-17-15-10-19(14(11-20)9-16(15)18)8-7-13-5-3-2-4-6-13/h2-6,12,14,20H,7-11H2,1H3/t14-/m1/s1. The van der Waals surface area contributed by atoms with Crippen LogP contribution in [0.15, 0.2) is 36.7 Å². The van der Waals surface area contributed by atoms with E-state index in [-0.39, 0.29) is 12.6 Å². The van der Waals surface area contributed by atoms with Gasteiger partial charge < -0.3 is 9.67 Å². The van der Waals surface area contributed by atoms with E-state index in [9.17, 15) is 5.11 Å². The van der Waals surface area contributed by atoms with Crippen LogP contribution in [0.5, 0.6) is 0 Å². The molecule has 0 saturated carbocycles. The van der Waals surface area contributed by atoms with Crippen molar-refractivity contribution in [2.75, 3.05) is 13.2 Å². The lowest BCUT2D eigenvalue weighted by Crippen LogP contribution is -2.44. The summed E-state index contributed by atoms with van der Waals surface area (Å²) in [5, 5.41) is 9.64. The quantitative estimate of drug-likeness (QED) is 0.913. The van der Waals surface area contributed by atoms with Gasteiger partial charge in [-0.2, -0.15) is 0 Å². The first kappa shape index (κ1) is 13.3. The molecule has 106 valence electrons. The first-order valence-corrected chi connectivity index (χ1v) is 7.16. The Morgan fingerprint density at radius 1 is 1.30 bits per heavy atom. The molecule has 2 aromatic rings. The molecule has 0 unspecified atom stereocenters. The highest BCUT2D eigenvalue weighted by molar-refractivity contribution is 5.19. The van der Waals surface area contributed by atoms with Crippen molar-refractivity contribution in [1.82, 2.24) is 14.5 Å². The molecule has 1 aliphatic rings. The molecular weight excluding hydrogens is 250 g/mol. The minimum absolute atomic E-state index is 0.208. The third-order valence-corrected chi connectivity index (χ3v) is 4.19. The Labute approximate surface area is 119 Å². The van der Waals surface area contributed by atoms with Crippen molar-refractivity contribution in [2.24, 2.45) is 7.05 Å². The van der Waals surface area contributed by atoms with Crippen molar-refractivity contribution in [3.05, 3.63) is 53.6 Å². The summed E-state index contributed by atoms with van der Waals surface area (Å²) in [6.07, 6.45) is 3.77. The summed E-state index contributed by atoms with van der Waals surface area (Å²) in [5.74, 6) is 0. The molecule has 1 atom stereocenters. The average molecular weight is 271 g/mol. The third kappa shape index (κ3) is 2.62. The van der Waals surface area contributed by atoms with Gasteiger partial charge >= 0.3 is 0 Å². The SMILES string of the molecule is Cn1cnc2c1C[C@H](CO)N(CCc1ccccc1)C2. The first-order chi connectivity index (χ1) is 9.78. The number of aliphatic hydroxyl groups excluding tert-OH is 1. The van der Waals surface area contributed by atoms with E-state index < -0.39 is 0 Å². The van der Waals surface area contributed by atoms with Crippen LogP contribution in [0.2, 0.25) is 0 Å². The van der Waals surface area contributed by atoms with Crippen molar-refractivity contribution < 1.29 is 5.11 Å². The zero-order chi connectivity index (χ0) is 13.9. The second kappa shape index (κ2) is 5.77. The van der Waals surface area contributed by atoms with Crippen molar-refractivity contribution in [3.63, 3.8) is 0 Å². The van der Waals surface area contributed by atoms with Crippen molar-refractivity contribution in [2.45, 2.75) is 25.4 Å². The topological polar surface area (TPSA) is 41.3 Å². The van der Waals surface area contributed by atoms with Crippen LogP contribution in [0.4, 0.5) is 0 Å². The van der Waals surface area contributed by atoms with Crippen molar-refractivity contribution >= 4 is 0 Å². The van der Waals surface area contributed by atoms with E-state index in [0.717, 1.165) is 31.6 Å². The van der Waals surface area contributed by atoms with E-state index in [1.165, 1.54) is 11.3 Å². The number of benzene rings is 1. The Bertz CT molecular complexity index is 564. The highest BCUT2D eigenvalue weighted by Gasteiger charge is 2.27. The van der Waals surface area contributed by atoms with Crippen LogP contribution in [0, 0.1) is 0 Å². The molecule has 1 aromatic heterocycles. The number of imidazole rings is 1. The maximum absolute atomic E-state index is 9.64. The number of hydrogen-bond donors (Lipinski definition) is 1. The lowest BCUT2D eigenvalue weighted by atomic mass is 10.0. The minimum Gasteiger partial charge on any atom is -0.395 e. The van der Waals surface area contributed by atoms with Gasteiger partial charge in [0.25, 0.3) is 0 Å². The number of aryl methyl sites for hydroxylation is 1. The monoisotopic (exact) mass is 271 g/mol. The molecule has 1 aliphatic heterocycles. The van der Waals surface area contributed by atoms with Gasteiger partial charge in [-0.25, -0.2) is 4.98 Å². The van der Waals surface area contributed by atoms with Crippen LogP contribution in [-0.2, 0) is 26.4 Å². The molecule has 0 saturated heterocycles. The van der Waals surface area contributed by atoms with Crippen LogP contribution in [0.1, 0.15) is 17.0 Å². The molecular formula is C16H21N3O. The summed E-state index contributed by atoms with van der Waals surface area (Å²) in [6, 6.07) is 10.7. The summed E-state index contributed by atoms with van der Waals surface area (Å²) in [4.78, 5) is 6.82. The summed E-state index contributed by atoms with van der Waals surface area (Å²) >= 11 is 0. The van der Waals surface area contributed by atoms with Gasteiger partial charge in [0.1, 0.15) is 0 Å². The van der Waals surface area contributed by atoms with E-state index >= 15 is 0 Å². The lowest BCUT2D eigenvalue weighted by molar-refractivity contribution is 0.104. The van der Waals surface area contributed by atoms with Crippen LogP contribution < -0.4 is 0 Å². The molecule has 1 aromatic carbocycles. The maximum Gasteiger partial charge on any atom is 0.0949 e. The number of hydrogen-bond acceptors (Lipinski definition) is 3. The zero-order valence-electron chi connectivity index (χ0n) is 11.9. The Morgan fingerprint density at radius 2 is 2.10 bits per heavy atom. The highest BCUT2D eigenvalue weighted by atomic mass is 16.3. The Kier molecular flexibility index (Phi) is 3.85. The molecule has 1 N–H and O–H groups in total. The van der Waals surface area contributed by atoms with Gasteiger partial charge in [-0.05, 0) is 12.0 Å². The first-order valence-electron chi connectivity index (χ1n) is 7.16. The summed E-state index contributed by atoms with van der Waals surface area (Å²) < 4.78 is 2.08. The molecule has 20 heavy (non-hydrogen) atoms. The number of fused-ring (bicyclic) bond motifs is 1. The van der Waals surface area contributed by atoms with E-state index in [0.29, 0.717) is 0 Å². The van der Waals surface area contributed by atoms with Gasteiger partial charge in [0, 0.05) is 38.3 Å². The Morgan fingerprint density at radius 3 is 2.85 bits per heavy atom. The number of nitrogens with zero attached hydrogens (tertiary/aromatic N) is 3. The van der Waals surface area contributed by atoms with Gasteiger partial charge in [0.05, 0.1) is 18.6 Å². The highest BCUT2D eigenvalue weighted by Crippen LogP contribution is 2.22. The molecule has 2 heterocycles. The van der Waals surface area contributed by atoms with Crippen LogP contribution in [-0.4, -0.2) is 38.8 Å². The third-order valence-electron chi connectivity index (χ3n) is 4.19. The largest absolute Gasteiger partial charge is 0.395 e.